The minimum absolute atomic E-state index is 0.0345. The summed E-state index contributed by atoms with van der Waals surface area (Å²) in [5.41, 5.74) is 0. The molecule has 3 N–H and O–H groups in total. The predicted octanol–water partition coefficient (Wildman–Crippen LogP) is 0.189. The molecule has 0 aliphatic carbocycles. The van der Waals surface area contributed by atoms with Gasteiger partial charge in [-0.05, 0) is 12.3 Å². The van der Waals surface area contributed by atoms with Crippen molar-refractivity contribution in [3.63, 3.8) is 0 Å². The molecule has 0 amide bonds. The van der Waals surface area contributed by atoms with E-state index in [0.29, 0.717) is 6.42 Å². The van der Waals surface area contributed by atoms with Crippen LogP contribution in [0.5, 0.6) is 0 Å². The number of sulfonamides is 1. The summed E-state index contributed by atoms with van der Waals surface area (Å²) in [4.78, 5) is 10.4. The quantitative estimate of drug-likeness (QED) is 0.648. The topological polar surface area (TPSA) is 112 Å². The maximum atomic E-state index is 11.6. The van der Waals surface area contributed by atoms with Crippen molar-refractivity contribution < 1.29 is 18.3 Å². The number of aliphatic carboxylic acids is 1. The van der Waals surface area contributed by atoms with Crippen molar-refractivity contribution in [2.24, 2.45) is 5.92 Å². The summed E-state index contributed by atoms with van der Waals surface area (Å²) >= 11 is 0. The molecule has 0 aliphatic rings. The third-order valence-electron chi connectivity index (χ3n) is 2.26. The minimum Gasteiger partial charge on any atom is -0.481 e. The molecule has 0 fully saturated rings. The van der Waals surface area contributed by atoms with Crippen LogP contribution < -0.4 is 4.72 Å². The molecule has 7 nitrogen and oxygen atoms in total. The molecule has 0 radical (unpaired) electrons. The zero-order valence-corrected chi connectivity index (χ0v) is 10.2. The van der Waals surface area contributed by atoms with Gasteiger partial charge in [-0.3, -0.25) is 9.89 Å². The highest BCUT2D eigenvalue weighted by Gasteiger charge is 2.16. The molecule has 0 aliphatic heterocycles. The Labute approximate surface area is 99.3 Å². The highest BCUT2D eigenvalue weighted by molar-refractivity contribution is 7.89. The van der Waals surface area contributed by atoms with Crippen LogP contribution in [0.15, 0.2) is 17.3 Å². The summed E-state index contributed by atoms with van der Waals surface area (Å²) in [6.07, 6.45) is 2.96. The highest BCUT2D eigenvalue weighted by Crippen LogP contribution is 2.08. The van der Waals surface area contributed by atoms with Crippen molar-refractivity contribution in [3.8, 4) is 0 Å². The Morgan fingerprint density at radius 1 is 1.65 bits per heavy atom. The Balaban J connectivity index is 2.43. The maximum Gasteiger partial charge on any atom is 0.303 e. The first-order valence-electron chi connectivity index (χ1n) is 5.12. The van der Waals surface area contributed by atoms with Gasteiger partial charge in [-0.25, -0.2) is 13.1 Å². The summed E-state index contributed by atoms with van der Waals surface area (Å²) in [5.74, 6) is -0.915. The summed E-state index contributed by atoms with van der Waals surface area (Å²) in [7, 11) is -3.54. The van der Waals surface area contributed by atoms with Gasteiger partial charge in [0.1, 0.15) is 4.90 Å². The molecule has 0 bridgehead atoms. The van der Waals surface area contributed by atoms with Crippen molar-refractivity contribution in [2.75, 3.05) is 6.54 Å². The van der Waals surface area contributed by atoms with Gasteiger partial charge in [-0.2, -0.15) is 5.10 Å². The van der Waals surface area contributed by atoms with Gasteiger partial charge in [0.2, 0.25) is 10.0 Å². The van der Waals surface area contributed by atoms with Gasteiger partial charge in [-0.1, -0.05) is 6.92 Å². The molecule has 17 heavy (non-hydrogen) atoms. The largest absolute Gasteiger partial charge is 0.481 e. The second kappa shape index (κ2) is 5.78. The average Bonchev–Trinajstić information content (AvgIpc) is 2.77. The number of H-pyrrole nitrogens is 1. The molecule has 96 valence electrons. The monoisotopic (exact) mass is 261 g/mol. The number of aromatic amines is 1. The molecule has 1 rings (SSSR count). The molecule has 1 atom stereocenters. The Morgan fingerprint density at radius 2 is 2.35 bits per heavy atom. The highest BCUT2D eigenvalue weighted by atomic mass is 32.2. The number of nitrogens with one attached hydrogen (secondary N) is 2. The van der Waals surface area contributed by atoms with E-state index in [1.807, 2.05) is 0 Å². The fourth-order valence-electron chi connectivity index (χ4n) is 1.19. The molecule has 0 aromatic carbocycles. The molecule has 0 spiro atoms. The first kappa shape index (κ1) is 13.7. The molecular weight excluding hydrogens is 246 g/mol. The van der Waals surface area contributed by atoms with Crippen LogP contribution in [0.1, 0.15) is 19.8 Å². The SMILES string of the molecule is CC(CCC(=O)O)CNS(=O)(=O)c1cn[nH]c1. The van der Waals surface area contributed by atoms with Gasteiger partial charge in [0.15, 0.2) is 0 Å². The lowest BCUT2D eigenvalue weighted by Gasteiger charge is -2.10. The van der Waals surface area contributed by atoms with Crippen LogP contribution in [0.4, 0.5) is 0 Å². The average molecular weight is 261 g/mol. The van der Waals surface area contributed by atoms with Gasteiger partial charge in [0.05, 0.1) is 6.20 Å². The number of nitrogens with zero attached hydrogens (tertiary/aromatic N) is 1. The fraction of sp³-hybridized carbons (Fsp3) is 0.556. The lowest BCUT2D eigenvalue weighted by Crippen LogP contribution is -2.28. The molecule has 1 aromatic heterocycles. The zero-order chi connectivity index (χ0) is 12.9. The van der Waals surface area contributed by atoms with Crippen LogP contribution >= 0.6 is 0 Å². The lowest BCUT2D eigenvalue weighted by atomic mass is 10.1. The third-order valence-corrected chi connectivity index (χ3v) is 3.65. The molecule has 1 unspecified atom stereocenters. The first-order chi connectivity index (χ1) is 7.92. The maximum absolute atomic E-state index is 11.6. The number of hydrogen-bond donors (Lipinski definition) is 3. The van der Waals surface area contributed by atoms with Crippen LogP contribution in [0, 0.1) is 5.92 Å². The van der Waals surface area contributed by atoms with E-state index in [4.69, 9.17) is 5.11 Å². The van der Waals surface area contributed by atoms with Crippen molar-refractivity contribution in [1.29, 1.82) is 0 Å². The molecular formula is C9H15N3O4S. The van der Waals surface area contributed by atoms with Gasteiger partial charge < -0.3 is 5.11 Å². The zero-order valence-electron chi connectivity index (χ0n) is 9.38. The Morgan fingerprint density at radius 3 is 2.88 bits per heavy atom. The van der Waals surface area contributed by atoms with Crippen molar-refractivity contribution >= 4 is 16.0 Å². The van der Waals surface area contributed by atoms with Crippen LogP contribution in [0.25, 0.3) is 0 Å². The summed E-state index contributed by atoms with van der Waals surface area (Å²) in [6, 6.07) is 0. The molecule has 0 saturated heterocycles. The summed E-state index contributed by atoms with van der Waals surface area (Å²) in [6.45, 7) is 2.00. The van der Waals surface area contributed by atoms with Crippen LogP contribution in [0.2, 0.25) is 0 Å². The standard InChI is InChI=1S/C9H15N3O4S/c1-7(2-3-9(13)14)4-12-17(15,16)8-5-10-11-6-8/h5-7,12H,2-4H2,1H3,(H,10,11)(H,13,14). The number of hydrogen-bond acceptors (Lipinski definition) is 4. The fourth-order valence-corrected chi connectivity index (χ4v) is 2.26. The van der Waals surface area contributed by atoms with Crippen molar-refractivity contribution in [3.05, 3.63) is 12.4 Å². The van der Waals surface area contributed by atoms with E-state index in [-0.39, 0.29) is 23.8 Å². The van der Waals surface area contributed by atoms with E-state index in [1.54, 1.807) is 6.92 Å². The van der Waals surface area contributed by atoms with Crippen LogP contribution in [-0.4, -0.2) is 36.2 Å². The third kappa shape index (κ3) is 4.53. The van der Waals surface area contributed by atoms with E-state index in [0.717, 1.165) is 0 Å². The lowest BCUT2D eigenvalue weighted by molar-refractivity contribution is -0.137. The summed E-state index contributed by atoms with van der Waals surface area (Å²) in [5, 5.41) is 14.5. The number of carbonyl (C=O) groups is 1. The van der Waals surface area contributed by atoms with Gasteiger partial charge in [0.25, 0.3) is 0 Å². The molecule has 0 saturated carbocycles. The van der Waals surface area contributed by atoms with Crippen LogP contribution in [-0.2, 0) is 14.8 Å². The normalized spacial score (nSPS) is 13.5. The van der Waals surface area contributed by atoms with Gasteiger partial charge in [0, 0.05) is 19.2 Å². The first-order valence-corrected chi connectivity index (χ1v) is 6.60. The number of rotatable bonds is 7. The number of carboxylic acid groups (broad SMARTS) is 1. The van der Waals surface area contributed by atoms with E-state index in [2.05, 4.69) is 14.9 Å². The van der Waals surface area contributed by atoms with E-state index >= 15 is 0 Å². The van der Waals surface area contributed by atoms with Gasteiger partial charge >= 0.3 is 5.97 Å². The van der Waals surface area contributed by atoms with E-state index < -0.39 is 16.0 Å². The summed E-state index contributed by atoms with van der Waals surface area (Å²) < 4.78 is 25.7. The van der Waals surface area contributed by atoms with E-state index in [9.17, 15) is 13.2 Å². The second-order valence-electron chi connectivity index (χ2n) is 3.82. The Bertz CT molecular complexity index is 455. The molecule has 1 heterocycles. The Hall–Kier alpha value is -1.41. The number of carboxylic acids is 1. The van der Waals surface area contributed by atoms with Gasteiger partial charge in [-0.15, -0.1) is 0 Å². The second-order valence-corrected chi connectivity index (χ2v) is 5.59. The minimum atomic E-state index is -3.54. The van der Waals surface area contributed by atoms with Crippen molar-refractivity contribution in [2.45, 2.75) is 24.7 Å². The van der Waals surface area contributed by atoms with Crippen molar-refractivity contribution in [1.82, 2.24) is 14.9 Å². The van der Waals surface area contributed by atoms with Crippen LogP contribution in [0.3, 0.4) is 0 Å². The van der Waals surface area contributed by atoms with E-state index in [1.165, 1.54) is 12.4 Å². The molecule has 1 aromatic rings. The predicted molar refractivity (Wildman–Crippen MR) is 59.8 cm³/mol. The smallest absolute Gasteiger partial charge is 0.303 e. The number of aromatic nitrogens is 2. The molecule has 8 heteroatoms. The Kier molecular flexibility index (Phi) is 4.64.